The van der Waals surface area contributed by atoms with Gasteiger partial charge in [0, 0.05) is 24.5 Å². The normalized spacial score (nSPS) is 16.4. The van der Waals surface area contributed by atoms with Gasteiger partial charge in [0.05, 0.1) is 13.2 Å². The molecule has 0 spiro atoms. The van der Waals surface area contributed by atoms with Crippen LogP contribution in [0.3, 0.4) is 0 Å². The summed E-state index contributed by atoms with van der Waals surface area (Å²) in [6.45, 7) is 5.01. The highest BCUT2D eigenvalue weighted by atomic mass is 32.1. The van der Waals surface area contributed by atoms with Crippen LogP contribution in [0.1, 0.15) is 11.3 Å². The van der Waals surface area contributed by atoms with Crippen molar-refractivity contribution in [3.63, 3.8) is 0 Å². The monoisotopic (exact) mass is 305 g/mol. The topological polar surface area (TPSA) is 65.4 Å². The van der Waals surface area contributed by atoms with Crippen molar-refractivity contribution in [3.8, 4) is 6.07 Å². The Labute approximate surface area is 128 Å². The molecule has 21 heavy (non-hydrogen) atoms. The van der Waals surface area contributed by atoms with Crippen molar-refractivity contribution in [2.45, 2.75) is 6.42 Å². The maximum absolute atomic E-state index is 11.9. The maximum Gasteiger partial charge on any atom is 0.261 e. The first kappa shape index (κ1) is 15.7. The fourth-order valence-corrected chi connectivity index (χ4v) is 2.75. The summed E-state index contributed by atoms with van der Waals surface area (Å²) >= 11 is 1.51. The third-order valence-corrected chi connectivity index (χ3v) is 4.05. The standard InChI is InChI=1S/C15H19N3O2S/c16-12-13(11-14-3-1-10-21-14)15(19)17-4-2-5-18-6-8-20-9-7-18/h1,3,10-11H,2,4-9H2,(H,17,19)/b13-11+. The summed E-state index contributed by atoms with van der Waals surface area (Å²) < 4.78 is 5.29. The van der Waals surface area contributed by atoms with Crippen LogP contribution in [0.25, 0.3) is 6.08 Å². The Morgan fingerprint density at radius 3 is 3.00 bits per heavy atom. The molecular weight excluding hydrogens is 286 g/mol. The molecule has 0 saturated carbocycles. The highest BCUT2D eigenvalue weighted by Crippen LogP contribution is 2.13. The van der Waals surface area contributed by atoms with Crippen molar-refractivity contribution in [2.75, 3.05) is 39.4 Å². The van der Waals surface area contributed by atoms with Gasteiger partial charge in [0.15, 0.2) is 0 Å². The van der Waals surface area contributed by atoms with Gasteiger partial charge in [0.2, 0.25) is 0 Å². The molecule has 5 nitrogen and oxygen atoms in total. The van der Waals surface area contributed by atoms with Crippen molar-refractivity contribution in [1.82, 2.24) is 10.2 Å². The van der Waals surface area contributed by atoms with E-state index >= 15 is 0 Å². The van der Waals surface area contributed by atoms with Gasteiger partial charge in [-0.2, -0.15) is 5.26 Å². The van der Waals surface area contributed by atoms with E-state index in [-0.39, 0.29) is 11.5 Å². The van der Waals surface area contributed by atoms with Crippen LogP contribution in [0.4, 0.5) is 0 Å². The summed E-state index contributed by atoms with van der Waals surface area (Å²) in [5, 5.41) is 13.8. The van der Waals surface area contributed by atoms with Gasteiger partial charge in [0.1, 0.15) is 11.6 Å². The van der Waals surface area contributed by atoms with Gasteiger partial charge >= 0.3 is 0 Å². The number of morpholine rings is 1. The number of nitrogens with one attached hydrogen (secondary N) is 1. The van der Waals surface area contributed by atoms with Gasteiger partial charge in [0.25, 0.3) is 5.91 Å². The first-order chi connectivity index (χ1) is 10.3. The average Bonchev–Trinajstić information content (AvgIpc) is 3.03. The molecule has 1 aromatic rings. The summed E-state index contributed by atoms with van der Waals surface area (Å²) in [5.41, 5.74) is 0.156. The van der Waals surface area contributed by atoms with Crippen LogP contribution in [-0.4, -0.2) is 50.2 Å². The average molecular weight is 305 g/mol. The number of nitriles is 1. The molecule has 0 aromatic carbocycles. The van der Waals surface area contributed by atoms with E-state index < -0.39 is 0 Å². The minimum absolute atomic E-state index is 0.156. The molecule has 0 bridgehead atoms. The predicted octanol–water partition coefficient (Wildman–Crippen LogP) is 1.49. The quantitative estimate of drug-likeness (QED) is 0.491. The van der Waals surface area contributed by atoms with E-state index in [0.29, 0.717) is 6.54 Å². The Morgan fingerprint density at radius 2 is 2.33 bits per heavy atom. The number of amides is 1. The van der Waals surface area contributed by atoms with Gasteiger partial charge in [-0.15, -0.1) is 11.3 Å². The van der Waals surface area contributed by atoms with Crippen LogP contribution in [0.15, 0.2) is 23.1 Å². The summed E-state index contributed by atoms with van der Waals surface area (Å²) in [4.78, 5) is 15.2. The first-order valence-electron chi connectivity index (χ1n) is 7.03. The van der Waals surface area contributed by atoms with Crippen molar-refractivity contribution < 1.29 is 9.53 Å². The summed E-state index contributed by atoms with van der Waals surface area (Å²) in [6, 6.07) is 5.74. The second kappa shape index (κ2) is 8.57. The molecule has 1 aromatic heterocycles. The number of carbonyl (C=O) groups excluding carboxylic acids is 1. The number of thiophene rings is 1. The maximum atomic E-state index is 11.9. The molecule has 6 heteroatoms. The van der Waals surface area contributed by atoms with E-state index in [1.165, 1.54) is 11.3 Å². The summed E-state index contributed by atoms with van der Waals surface area (Å²) in [7, 11) is 0. The van der Waals surface area contributed by atoms with Crippen LogP contribution in [-0.2, 0) is 9.53 Å². The molecule has 2 rings (SSSR count). The molecule has 1 N–H and O–H groups in total. The van der Waals surface area contributed by atoms with E-state index in [1.54, 1.807) is 6.08 Å². The Balaban J connectivity index is 1.72. The summed E-state index contributed by atoms with van der Waals surface area (Å²) in [5.74, 6) is -0.298. The second-order valence-corrected chi connectivity index (χ2v) is 5.73. The fraction of sp³-hybridized carbons (Fsp3) is 0.467. The van der Waals surface area contributed by atoms with Crippen molar-refractivity contribution >= 4 is 23.3 Å². The number of hydrogen-bond acceptors (Lipinski definition) is 5. The second-order valence-electron chi connectivity index (χ2n) is 4.75. The molecule has 0 unspecified atom stereocenters. The number of rotatable bonds is 6. The van der Waals surface area contributed by atoms with E-state index in [1.807, 2.05) is 23.6 Å². The highest BCUT2D eigenvalue weighted by Gasteiger charge is 2.11. The molecule has 1 amide bonds. The van der Waals surface area contributed by atoms with E-state index in [4.69, 9.17) is 10.00 Å². The van der Waals surface area contributed by atoms with Crippen LogP contribution < -0.4 is 5.32 Å². The van der Waals surface area contributed by atoms with Gasteiger partial charge in [-0.05, 0) is 30.5 Å². The Morgan fingerprint density at radius 1 is 1.52 bits per heavy atom. The molecule has 0 atom stereocenters. The lowest BCUT2D eigenvalue weighted by molar-refractivity contribution is -0.117. The van der Waals surface area contributed by atoms with Gasteiger partial charge in [-0.25, -0.2) is 0 Å². The molecule has 0 aliphatic carbocycles. The smallest absolute Gasteiger partial charge is 0.261 e. The Hall–Kier alpha value is -1.68. The third-order valence-electron chi connectivity index (χ3n) is 3.24. The number of hydrogen-bond donors (Lipinski definition) is 1. The van der Waals surface area contributed by atoms with Crippen molar-refractivity contribution in [3.05, 3.63) is 28.0 Å². The fourth-order valence-electron chi connectivity index (χ4n) is 2.09. The van der Waals surface area contributed by atoms with Crippen LogP contribution in [0, 0.1) is 11.3 Å². The number of nitrogens with zero attached hydrogens (tertiary/aromatic N) is 2. The first-order valence-corrected chi connectivity index (χ1v) is 7.91. The predicted molar refractivity (Wildman–Crippen MR) is 82.8 cm³/mol. The molecule has 1 fully saturated rings. The number of carbonyl (C=O) groups is 1. The van der Waals surface area contributed by atoms with E-state index in [2.05, 4.69) is 10.2 Å². The molecule has 1 aliphatic heterocycles. The molecular formula is C15H19N3O2S. The Bertz CT molecular complexity index is 514. The molecule has 112 valence electrons. The third kappa shape index (κ3) is 5.31. The van der Waals surface area contributed by atoms with Gasteiger partial charge < -0.3 is 10.1 Å². The zero-order valence-corrected chi connectivity index (χ0v) is 12.7. The minimum atomic E-state index is -0.298. The minimum Gasteiger partial charge on any atom is -0.379 e. The molecule has 1 saturated heterocycles. The zero-order chi connectivity index (χ0) is 14.9. The van der Waals surface area contributed by atoms with Gasteiger partial charge in [-0.1, -0.05) is 6.07 Å². The van der Waals surface area contributed by atoms with Crippen LogP contribution in [0.5, 0.6) is 0 Å². The van der Waals surface area contributed by atoms with Gasteiger partial charge in [-0.3, -0.25) is 9.69 Å². The van der Waals surface area contributed by atoms with Crippen molar-refractivity contribution in [2.24, 2.45) is 0 Å². The highest BCUT2D eigenvalue weighted by molar-refractivity contribution is 7.10. The van der Waals surface area contributed by atoms with E-state index in [0.717, 1.165) is 44.1 Å². The lowest BCUT2D eigenvalue weighted by Crippen LogP contribution is -2.38. The Kier molecular flexibility index (Phi) is 6.41. The van der Waals surface area contributed by atoms with Crippen LogP contribution in [0.2, 0.25) is 0 Å². The molecule has 2 heterocycles. The number of ether oxygens (including phenoxy) is 1. The van der Waals surface area contributed by atoms with Crippen molar-refractivity contribution in [1.29, 1.82) is 5.26 Å². The van der Waals surface area contributed by atoms with Crippen LogP contribution >= 0.6 is 11.3 Å². The molecule has 0 radical (unpaired) electrons. The summed E-state index contributed by atoms with van der Waals surface area (Å²) in [6.07, 6.45) is 2.51. The largest absolute Gasteiger partial charge is 0.379 e. The lowest BCUT2D eigenvalue weighted by atomic mass is 10.2. The van der Waals surface area contributed by atoms with E-state index in [9.17, 15) is 4.79 Å². The zero-order valence-electron chi connectivity index (χ0n) is 11.9. The lowest BCUT2D eigenvalue weighted by Gasteiger charge is -2.26. The SMILES string of the molecule is N#C/C(=C\c1cccs1)C(=O)NCCCN1CCOCC1. The molecule has 1 aliphatic rings.